The van der Waals surface area contributed by atoms with Gasteiger partial charge >= 0.3 is 11.9 Å². The third-order valence-corrected chi connectivity index (χ3v) is 1.15. The van der Waals surface area contributed by atoms with E-state index in [0.29, 0.717) is 13.2 Å². The summed E-state index contributed by atoms with van der Waals surface area (Å²) in [5.41, 5.74) is 0. The number of rotatable bonds is 6. The Balaban J connectivity index is 0. The van der Waals surface area contributed by atoms with E-state index in [1.807, 2.05) is 0 Å². The number of ether oxygens (including phenoxy) is 2. The van der Waals surface area contributed by atoms with Crippen LogP contribution in [0.1, 0.15) is 13.8 Å². The molecule has 0 saturated heterocycles. The van der Waals surface area contributed by atoms with Crippen molar-refractivity contribution in [1.29, 1.82) is 0 Å². The van der Waals surface area contributed by atoms with Gasteiger partial charge in [-0.15, -0.1) is 12.4 Å². The Labute approximate surface area is 89.5 Å². The molecular weight excluding hydrogens is 210 g/mol. The maximum atomic E-state index is 10.7. The quantitative estimate of drug-likeness (QED) is 0.651. The normalized spacial score (nSPS) is 8.71. The summed E-state index contributed by atoms with van der Waals surface area (Å²) in [6.07, 6.45) is 0. The van der Waals surface area contributed by atoms with E-state index >= 15 is 0 Å². The maximum absolute atomic E-state index is 10.7. The topological polar surface area (TPSA) is 64.6 Å². The lowest BCUT2D eigenvalue weighted by atomic mass is 10.5. The van der Waals surface area contributed by atoms with Gasteiger partial charge in [-0.25, -0.2) is 0 Å². The predicted octanol–water partition coefficient (Wildman–Crippen LogP) is 0.124. The van der Waals surface area contributed by atoms with Crippen molar-refractivity contribution in [2.45, 2.75) is 13.8 Å². The van der Waals surface area contributed by atoms with Crippen molar-refractivity contribution in [2.75, 3.05) is 26.3 Å². The molecule has 0 aliphatic heterocycles. The molecule has 14 heavy (non-hydrogen) atoms. The lowest BCUT2D eigenvalue weighted by Crippen LogP contribution is -2.30. The maximum Gasteiger partial charge on any atom is 0.319 e. The van der Waals surface area contributed by atoms with Crippen LogP contribution in [0.15, 0.2) is 0 Å². The summed E-state index contributed by atoms with van der Waals surface area (Å²) in [4.78, 5) is 21.5. The molecule has 0 saturated carbocycles. The van der Waals surface area contributed by atoms with Crippen molar-refractivity contribution in [1.82, 2.24) is 5.32 Å². The molecule has 0 radical (unpaired) electrons. The number of hydrogen-bond acceptors (Lipinski definition) is 5. The van der Waals surface area contributed by atoms with E-state index in [1.165, 1.54) is 0 Å². The zero-order valence-corrected chi connectivity index (χ0v) is 9.19. The van der Waals surface area contributed by atoms with Crippen molar-refractivity contribution >= 4 is 24.3 Å². The molecule has 0 bridgehead atoms. The van der Waals surface area contributed by atoms with Crippen molar-refractivity contribution in [2.24, 2.45) is 0 Å². The average Bonchev–Trinajstić information content (AvgIpc) is 2.05. The van der Waals surface area contributed by atoms with Crippen molar-refractivity contribution in [3.63, 3.8) is 0 Å². The first kappa shape index (κ1) is 15.7. The molecule has 0 heterocycles. The van der Waals surface area contributed by atoms with Crippen molar-refractivity contribution in [3.8, 4) is 0 Å². The van der Waals surface area contributed by atoms with Crippen LogP contribution in [-0.2, 0) is 19.1 Å². The lowest BCUT2D eigenvalue weighted by molar-refractivity contribution is -0.143. The van der Waals surface area contributed by atoms with E-state index < -0.39 is 0 Å². The van der Waals surface area contributed by atoms with Crippen LogP contribution >= 0.6 is 12.4 Å². The monoisotopic (exact) mass is 225 g/mol. The second-order valence-electron chi connectivity index (χ2n) is 2.21. The van der Waals surface area contributed by atoms with Crippen LogP contribution in [0.3, 0.4) is 0 Å². The van der Waals surface area contributed by atoms with Gasteiger partial charge in [0.2, 0.25) is 0 Å². The molecule has 0 aliphatic rings. The third kappa shape index (κ3) is 9.28. The highest BCUT2D eigenvalue weighted by Crippen LogP contribution is 1.77. The Morgan fingerprint density at radius 1 is 1.00 bits per heavy atom. The molecule has 0 spiro atoms. The lowest BCUT2D eigenvalue weighted by Gasteiger charge is -2.03. The van der Waals surface area contributed by atoms with Gasteiger partial charge in [0.05, 0.1) is 26.3 Å². The Bertz CT molecular complexity index is 157. The standard InChI is InChI=1S/C8H15NO4.ClH/c1-3-12-7(10)5-9-6-8(11)13-4-2;/h9H,3-6H2,1-2H3;1H. The van der Waals surface area contributed by atoms with Crippen LogP contribution in [-0.4, -0.2) is 38.2 Å². The molecule has 0 fully saturated rings. The summed E-state index contributed by atoms with van der Waals surface area (Å²) >= 11 is 0. The minimum absolute atomic E-state index is 0. The highest BCUT2D eigenvalue weighted by Gasteiger charge is 2.03. The molecular formula is C8H16ClNO4. The summed E-state index contributed by atoms with van der Waals surface area (Å²) in [5.74, 6) is -0.737. The van der Waals surface area contributed by atoms with E-state index in [2.05, 4.69) is 14.8 Å². The Morgan fingerprint density at radius 3 is 1.64 bits per heavy atom. The third-order valence-electron chi connectivity index (χ3n) is 1.15. The molecule has 0 amide bonds. The predicted molar refractivity (Wildman–Crippen MR) is 53.4 cm³/mol. The first-order valence-corrected chi connectivity index (χ1v) is 4.22. The van der Waals surface area contributed by atoms with Gasteiger partial charge in [-0.05, 0) is 13.8 Å². The molecule has 0 aromatic rings. The fraction of sp³-hybridized carbons (Fsp3) is 0.750. The molecule has 0 aromatic carbocycles. The molecule has 0 aliphatic carbocycles. The van der Waals surface area contributed by atoms with Gasteiger partial charge in [0, 0.05) is 0 Å². The first-order chi connectivity index (χ1) is 6.20. The number of hydrogen-bond donors (Lipinski definition) is 1. The highest BCUT2D eigenvalue weighted by molar-refractivity contribution is 5.85. The molecule has 5 nitrogen and oxygen atoms in total. The van der Waals surface area contributed by atoms with Gasteiger partial charge in [0.1, 0.15) is 0 Å². The molecule has 6 heteroatoms. The van der Waals surface area contributed by atoms with Gasteiger partial charge in [-0.1, -0.05) is 0 Å². The van der Waals surface area contributed by atoms with Gasteiger partial charge in [0.15, 0.2) is 0 Å². The van der Waals surface area contributed by atoms with E-state index in [0.717, 1.165) is 0 Å². The SMILES string of the molecule is CCOC(=O)CNCC(=O)OCC.Cl. The Morgan fingerprint density at radius 2 is 1.36 bits per heavy atom. The average molecular weight is 226 g/mol. The largest absolute Gasteiger partial charge is 0.465 e. The van der Waals surface area contributed by atoms with Crippen LogP contribution in [0.2, 0.25) is 0 Å². The zero-order chi connectivity index (χ0) is 10.1. The molecule has 0 unspecified atom stereocenters. The molecule has 1 N–H and O–H groups in total. The summed E-state index contributed by atoms with van der Waals surface area (Å²) in [7, 11) is 0. The minimum Gasteiger partial charge on any atom is -0.465 e. The summed E-state index contributed by atoms with van der Waals surface area (Å²) < 4.78 is 9.26. The number of halogens is 1. The van der Waals surface area contributed by atoms with Gasteiger partial charge < -0.3 is 9.47 Å². The van der Waals surface area contributed by atoms with Crippen LogP contribution < -0.4 is 5.32 Å². The van der Waals surface area contributed by atoms with Crippen molar-refractivity contribution in [3.05, 3.63) is 0 Å². The molecule has 84 valence electrons. The number of carbonyl (C=O) groups excluding carboxylic acids is 2. The Hall–Kier alpha value is -0.810. The molecule has 0 aromatic heterocycles. The van der Waals surface area contributed by atoms with E-state index in [-0.39, 0.29) is 37.4 Å². The zero-order valence-electron chi connectivity index (χ0n) is 8.37. The fourth-order valence-corrected chi connectivity index (χ4v) is 0.691. The Kier molecular flexibility index (Phi) is 11.5. The second-order valence-corrected chi connectivity index (χ2v) is 2.21. The van der Waals surface area contributed by atoms with Crippen LogP contribution in [0, 0.1) is 0 Å². The smallest absolute Gasteiger partial charge is 0.319 e. The van der Waals surface area contributed by atoms with E-state index in [9.17, 15) is 9.59 Å². The number of carbonyl (C=O) groups is 2. The number of esters is 2. The van der Waals surface area contributed by atoms with E-state index in [1.54, 1.807) is 13.8 Å². The van der Waals surface area contributed by atoms with Crippen LogP contribution in [0.25, 0.3) is 0 Å². The van der Waals surface area contributed by atoms with Crippen LogP contribution in [0.4, 0.5) is 0 Å². The minimum atomic E-state index is -0.369. The molecule has 0 rings (SSSR count). The van der Waals surface area contributed by atoms with E-state index in [4.69, 9.17) is 0 Å². The summed E-state index contributed by atoms with van der Waals surface area (Å²) in [6.45, 7) is 4.21. The highest BCUT2D eigenvalue weighted by atomic mass is 35.5. The van der Waals surface area contributed by atoms with Crippen LogP contribution in [0.5, 0.6) is 0 Å². The number of nitrogens with one attached hydrogen (secondary N) is 1. The van der Waals surface area contributed by atoms with Gasteiger partial charge in [0.25, 0.3) is 0 Å². The van der Waals surface area contributed by atoms with Gasteiger partial charge in [-0.2, -0.15) is 0 Å². The second kappa shape index (κ2) is 10.3. The van der Waals surface area contributed by atoms with Crippen molar-refractivity contribution < 1.29 is 19.1 Å². The summed E-state index contributed by atoms with van der Waals surface area (Å²) in [5, 5.41) is 2.61. The molecule has 0 atom stereocenters. The fourth-order valence-electron chi connectivity index (χ4n) is 0.691. The van der Waals surface area contributed by atoms with Gasteiger partial charge in [-0.3, -0.25) is 14.9 Å². The summed E-state index contributed by atoms with van der Waals surface area (Å²) in [6, 6.07) is 0. The first-order valence-electron chi connectivity index (χ1n) is 4.22.